The van der Waals surface area contributed by atoms with Crippen molar-refractivity contribution in [3.8, 4) is 11.5 Å². The quantitative estimate of drug-likeness (QED) is 0.922. The minimum absolute atomic E-state index is 0.161. The lowest BCUT2D eigenvalue weighted by atomic mass is 10.0. The van der Waals surface area contributed by atoms with Gasteiger partial charge in [-0.05, 0) is 43.2 Å². The van der Waals surface area contributed by atoms with Gasteiger partial charge in [-0.15, -0.1) is 0 Å². The molecule has 2 rings (SSSR count). The van der Waals surface area contributed by atoms with Crippen molar-refractivity contribution in [2.75, 3.05) is 14.2 Å². The normalized spacial score (nSPS) is 10.2. The fourth-order valence-electron chi connectivity index (χ4n) is 2.26. The number of ether oxygens (including phenoxy) is 2. The van der Waals surface area contributed by atoms with Crippen LogP contribution in [0.15, 0.2) is 36.4 Å². The average Bonchev–Trinajstić information content (AvgIpc) is 2.54. The van der Waals surface area contributed by atoms with Crippen molar-refractivity contribution in [1.82, 2.24) is 5.32 Å². The molecule has 0 unspecified atom stereocenters. The number of benzene rings is 2. The van der Waals surface area contributed by atoms with Crippen molar-refractivity contribution < 1.29 is 14.3 Å². The van der Waals surface area contributed by atoms with E-state index in [9.17, 15) is 4.79 Å². The Labute approximate surface area is 131 Å². The Morgan fingerprint density at radius 3 is 2.32 bits per heavy atom. The monoisotopic (exact) mass is 299 g/mol. The van der Waals surface area contributed by atoms with E-state index in [0.717, 1.165) is 22.4 Å². The molecule has 0 bridgehead atoms. The lowest BCUT2D eigenvalue weighted by Crippen LogP contribution is -2.23. The summed E-state index contributed by atoms with van der Waals surface area (Å²) in [7, 11) is 3.19. The number of nitrogens with one attached hydrogen (secondary N) is 1. The summed E-state index contributed by atoms with van der Waals surface area (Å²) in [5.41, 5.74) is 3.63. The molecule has 0 atom stereocenters. The maximum Gasteiger partial charge on any atom is 0.255 e. The smallest absolute Gasteiger partial charge is 0.255 e. The zero-order chi connectivity index (χ0) is 16.1. The third kappa shape index (κ3) is 3.39. The summed E-state index contributed by atoms with van der Waals surface area (Å²) in [6, 6.07) is 11.4. The predicted octanol–water partition coefficient (Wildman–Crippen LogP) is 3.25. The molecule has 2 aromatic rings. The van der Waals surface area contributed by atoms with Crippen molar-refractivity contribution in [3.63, 3.8) is 0 Å². The van der Waals surface area contributed by atoms with Crippen LogP contribution < -0.4 is 14.8 Å². The molecule has 4 heteroatoms. The molecule has 0 aliphatic heterocycles. The highest BCUT2D eigenvalue weighted by Crippen LogP contribution is 2.23. The number of amides is 1. The van der Waals surface area contributed by atoms with E-state index in [4.69, 9.17) is 9.47 Å². The molecule has 0 saturated heterocycles. The molecule has 116 valence electrons. The Bertz CT molecular complexity index is 680. The Balaban J connectivity index is 2.18. The molecule has 1 amide bonds. The van der Waals surface area contributed by atoms with Crippen LogP contribution in [0.3, 0.4) is 0 Å². The van der Waals surface area contributed by atoms with Crippen LogP contribution >= 0.6 is 0 Å². The van der Waals surface area contributed by atoms with Gasteiger partial charge < -0.3 is 14.8 Å². The van der Waals surface area contributed by atoms with Crippen LogP contribution in [0.5, 0.6) is 11.5 Å². The standard InChI is InChI=1S/C18H21NO3/c1-12-9-15(17(22-4)10-13(12)2)18(20)19-11-14-7-5-6-8-16(14)21-3/h5-10H,11H2,1-4H3,(H,19,20). The lowest BCUT2D eigenvalue weighted by molar-refractivity contribution is 0.0947. The molecular weight excluding hydrogens is 278 g/mol. The Morgan fingerprint density at radius 2 is 1.64 bits per heavy atom. The number of rotatable bonds is 5. The van der Waals surface area contributed by atoms with Gasteiger partial charge >= 0.3 is 0 Å². The van der Waals surface area contributed by atoms with Gasteiger partial charge in [0.05, 0.1) is 19.8 Å². The van der Waals surface area contributed by atoms with Crippen LogP contribution in [-0.4, -0.2) is 20.1 Å². The SMILES string of the molecule is COc1ccccc1CNC(=O)c1cc(C)c(C)cc1OC. The highest BCUT2D eigenvalue weighted by molar-refractivity contribution is 5.97. The summed E-state index contributed by atoms with van der Waals surface area (Å²) in [4.78, 5) is 12.4. The second kappa shape index (κ2) is 6.98. The van der Waals surface area contributed by atoms with Crippen LogP contribution in [-0.2, 0) is 6.54 Å². The average molecular weight is 299 g/mol. The maximum absolute atomic E-state index is 12.4. The molecule has 0 heterocycles. The van der Waals surface area contributed by atoms with Crippen LogP contribution in [0.1, 0.15) is 27.0 Å². The van der Waals surface area contributed by atoms with Crippen LogP contribution in [0.2, 0.25) is 0 Å². The van der Waals surface area contributed by atoms with Crippen molar-refractivity contribution in [1.29, 1.82) is 0 Å². The fraction of sp³-hybridized carbons (Fsp3) is 0.278. The predicted molar refractivity (Wildman–Crippen MR) is 86.6 cm³/mol. The van der Waals surface area contributed by atoms with Crippen molar-refractivity contribution in [3.05, 3.63) is 58.7 Å². The number of carbonyl (C=O) groups is 1. The first-order chi connectivity index (χ1) is 10.6. The summed E-state index contributed by atoms with van der Waals surface area (Å²) in [5, 5.41) is 2.91. The molecule has 0 saturated carbocycles. The van der Waals surface area contributed by atoms with E-state index in [1.54, 1.807) is 14.2 Å². The molecule has 1 N–H and O–H groups in total. The highest BCUT2D eigenvalue weighted by atomic mass is 16.5. The highest BCUT2D eigenvalue weighted by Gasteiger charge is 2.14. The van der Waals surface area contributed by atoms with Gasteiger partial charge in [0.2, 0.25) is 0 Å². The summed E-state index contributed by atoms with van der Waals surface area (Å²) >= 11 is 0. The second-order valence-electron chi connectivity index (χ2n) is 5.13. The van der Waals surface area contributed by atoms with Crippen LogP contribution in [0, 0.1) is 13.8 Å². The van der Waals surface area contributed by atoms with Crippen molar-refractivity contribution in [2.24, 2.45) is 0 Å². The summed E-state index contributed by atoms with van der Waals surface area (Å²) in [6.45, 7) is 4.37. The van der Waals surface area contributed by atoms with Gasteiger partial charge in [-0.25, -0.2) is 0 Å². The zero-order valence-corrected chi connectivity index (χ0v) is 13.4. The first-order valence-electron chi connectivity index (χ1n) is 7.12. The summed E-state index contributed by atoms with van der Waals surface area (Å²) in [6.07, 6.45) is 0. The minimum Gasteiger partial charge on any atom is -0.496 e. The van der Waals surface area contributed by atoms with Gasteiger partial charge in [0.25, 0.3) is 5.91 Å². The zero-order valence-electron chi connectivity index (χ0n) is 13.4. The van der Waals surface area contributed by atoms with E-state index in [-0.39, 0.29) is 5.91 Å². The summed E-state index contributed by atoms with van der Waals surface area (Å²) < 4.78 is 10.6. The van der Waals surface area contributed by atoms with Gasteiger partial charge in [-0.1, -0.05) is 18.2 Å². The van der Waals surface area contributed by atoms with E-state index >= 15 is 0 Å². The van der Waals surface area contributed by atoms with Gasteiger partial charge in [0.1, 0.15) is 11.5 Å². The number of carbonyl (C=O) groups excluding carboxylic acids is 1. The lowest BCUT2D eigenvalue weighted by Gasteiger charge is -2.13. The van der Waals surface area contributed by atoms with Gasteiger partial charge in [-0.2, -0.15) is 0 Å². The van der Waals surface area contributed by atoms with Crippen LogP contribution in [0.25, 0.3) is 0 Å². The fourth-order valence-corrected chi connectivity index (χ4v) is 2.26. The van der Waals surface area contributed by atoms with E-state index < -0.39 is 0 Å². The molecule has 22 heavy (non-hydrogen) atoms. The van der Waals surface area contributed by atoms with Crippen molar-refractivity contribution >= 4 is 5.91 Å². The van der Waals surface area contributed by atoms with Gasteiger partial charge in [0, 0.05) is 12.1 Å². The van der Waals surface area contributed by atoms with E-state index in [2.05, 4.69) is 5.32 Å². The molecule has 2 aromatic carbocycles. The molecule has 0 aliphatic rings. The first-order valence-corrected chi connectivity index (χ1v) is 7.12. The summed E-state index contributed by atoms with van der Waals surface area (Å²) in [5.74, 6) is 1.18. The van der Waals surface area contributed by atoms with E-state index in [0.29, 0.717) is 17.9 Å². The maximum atomic E-state index is 12.4. The molecule has 0 radical (unpaired) electrons. The number of aryl methyl sites for hydroxylation is 2. The second-order valence-corrected chi connectivity index (χ2v) is 5.13. The number of methoxy groups -OCH3 is 2. The third-order valence-corrected chi connectivity index (χ3v) is 3.69. The molecular formula is C18H21NO3. The number of hydrogen-bond donors (Lipinski definition) is 1. The largest absolute Gasteiger partial charge is 0.496 e. The molecule has 0 spiro atoms. The van der Waals surface area contributed by atoms with Crippen LogP contribution in [0.4, 0.5) is 0 Å². The Morgan fingerprint density at radius 1 is 1.00 bits per heavy atom. The van der Waals surface area contributed by atoms with Gasteiger partial charge in [0.15, 0.2) is 0 Å². The van der Waals surface area contributed by atoms with Crippen molar-refractivity contribution in [2.45, 2.75) is 20.4 Å². The number of para-hydroxylation sites is 1. The topological polar surface area (TPSA) is 47.6 Å². The molecule has 0 fully saturated rings. The Kier molecular flexibility index (Phi) is 5.04. The molecule has 0 aromatic heterocycles. The van der Waals surface area contributed by atoms with E-state index in [1.165, 1.54) is 0 Å². The van der Waals surface area contributed by atoms with Gasteiger partial charge in [-0.3, -0.25) is 4.79 Å². The van der Waals surface area contributed by atoms with E-state index in [1.807, 2.05) is 50.2 Å². The first kappa shape index (κ1) is 15.9. The number of hydrogen-bond acceptors (Lipinski definition) is 3. The third-order valence-electron chi connectivity index (χ3n) is 3.69. The molecule has 4 nitrogen and oxygen atoms in total. The minimum atomic E-state index is -0.161. The molecule has 0 aliphatic carbocycles. The Hall–Kier alpha value is -2.49.